The van der Waals surface area contributed by atoms with Crippen LogP contribution in [0.1, 0.15) is 32.6 Å². The summed E-state index contributed by atoms with van der Waals surface area (Å²) < 4.78 is 0. The minimum absolute atomic E-state index is 0.362. The molecule has 6 nitrogen and oxygen atoms in total. The second-order valence-corrected chi connectivity index (χ2v) is 7.45. The molecule has 2 aliphatic heterocycles. The Morgan fingerprint density at radius 3 is 2.92 bits per heavy atom. The molecule has 1 aromatic heterocycles. The number of hydrogen-bond donors (Lipinski definition) is 2. The van der Waals surface area contributed by atoms with E-state index in [1.165, 1.54) is 32.4 Å². The fourth-order valence-electron chi connectivity index (χ4n) is 3.68. The van der Waals surface area contributed by atoms with Gasteiger partial charge in [0, 0.05) is 38.4 Å². The van der Waals surface area contributed by atoms with Crippen LogP contribution in [0.4, 0.5) is 5.82 Å². The van der Waals surface area contributed by atoms with Crippen molar-refractivity contribution in [3.05, 3.63) is 23.4 Å². The van der Waals surface area contributed by atoms with Crippen LogP contribution in [0, 0.1) is 0 Å². The molecule has 0 aromatic carbocycles. The fourth-order valence-corrected chi connectivity index (χ4v) is 3.92. The van der Waals surface area contributed by atoms with Gasteiger partial charge in [0.1, 0.15) is 5.82 Å². The predicted molar refractivity (Wildman–Crippen MR) is 109 cm³/mol. The summed E-state index contributed by atoms with van der Waals surface area (Å²) in [7, 11) is 0. The van der Waals surface area contributed by atoms with Gasteiger partial charge in [-0.3, -0.25) is 4.99 Å². The Hall–Kier alpha value is -1.53. The molecule has 1 aromatic rings. The van der Waals surface area contributed by atoms with E-state index in [2.05, 4.69) is 32.3 Å². The van der Waals surface area contributed by atoms with Crippen LogP contribution in [0.2, 0.25) is 5.02 Å². The van der Waals surface area contributed by atoms with Crippen LogP contribution >= 0.6 is 11.6 Å². The van der Waals surface area contributed by atoms with Crippen molar-refractivity contribution in [3.63, 3.8) is 0 Å². The lowest BCUT2D eigenvalue weighted by Gasteiger charge is -2.25. The number of anilines is 1. The fraction of sp³-hybridized carbons (Fsp3) is 0.684. The number of nitrogens with zero attached hydrogens (tertiary/aromatic N) is 4. The molecule has 0 bridgehead atoms. The number of aliphatic imine (C=N–C) groups is 1. The molecule has 0 aliphatic carbocycles. The highest BCUT2D eigenvalue weighted by Crippen LogP contribution is 2.25. The summed E-state index contributed by atoms with van der Waals surface area (Å²) in [4.78, 5) is 14.0. The van der Waals surface area contributed by atoms with Gasteiger partial charge in [-0.25, -0.2) is 4.98 Å². The quantitative estimate of drug-likeness (QED) is 0.588. The number of nitrogens with one attached hydrogen (secondary N) is 2. The molecule has 0 saturated carbocycles. The molecule has 0 spiro atoms. The lowest BCUT2D eigenvalue weighted by Crippen LogP contribution is -2.45. The molecule has 2 fully saturated rings. The van der Waals surface area contributed by atoms with Gasteiger partial charge in [-0.1, -0.05) is 18.0 Å². The normalized spacial score (nSPS) is 21.8. The van der Waals surface area contributed by atoms with Crippen molar-refractivity contribution in [2.24, 2.45) is 4.99 Å². The van der Waals surface area contributed by atoms with E-state index < -0.39 is 0 Å². The Morgan fingerprint density at radius 1 is 1.31 bits per heavy atom. The van der Waals surface area contributed by atoms with Crippen molar-refractivity contribution in [1.29, 1.82) is 0 Å². The van der Waals surface area contributed by atoms with Crippen LogP contribution in [0.5, 0.6) is 0 Å². The molecule has 26 heavy (non-hydrogen) atoms. The number of piperidine rings is 1. The van der Waals surface area contributed by atoms with Gasteiger partial charge in [0.15, 0.2) is 5.96 Å². The number of guanidine groups is 1. The monoisotopic (exact) mass is 378 g/mol. The van der Waals surface area contributed by atoms with E-state index in [1.54, 1.807) is 6.20 Å². The smallest absolute Gasteiger partial charge is 0.191 e. The highest BCUT2D eigenvalue weighted by Gasteiger charge is 2.25. The Kier molecular flexibility index (Phi) is 7.38. The zero-order valence-corrected chi connectivity index (χ0v) is 16.5. The minimum atomic E-state index is 0.362. The van der Waals surface area contributed by atoms with Gasteiger partial charge >= 0.3 is 0 Å². The number of hydrogen-bond acceptors (Lipinski definition) is 4. The van der Waals surface area contributed by atoms with Gasteiger partial charge in [0.2, 0.25) is 0 Å². The zero-order valence-electron chi connectivity index (χ0n) is 15.8. The van der Waals surface area contributed by atoms with Crippen molar-refractivity contribution in [2.75, 3.05) is 50.7 Å². The van der Waals surface area contributed by atoms with E-state index >= 15 is 0 Å². The number of aromatic nitrogens is 1. The van der Waals surface area contributed by atoms with E-state index in [4.69, 9.17) is 16.6 Å². The van der Waals surface area contributed by atoms with Gasteiger partial charge in [0.05, 0.1) is 11.6 Å². The molecule has 7 heteroatoms. The van der Waals surface area contributed by atoms with E-state index in [-0.39, 0.29) is 0 Å². The van der Waals surface area contributed by atoms with Crippen molar-refractivity contribution in [3.8, 4) is 0 Å². The molecule has 1 unspecified atom stereocenters. The Morgan fingerprint density at radius 2 is 2.15 bits per heavy atom. The third-order valence-corrected chi connectivity index (χ3v) is 5.34. The lowest BCUT2D eigenvalue weighted by atomic mass is 10.1. The summed E-state index contributed by atoms with van der Waals surface area (Å²) in [5.41, 5.74) is 0. The molecular formula is C19H31ClN6. The minimum Gasteiger partial charge on any atom is -0.357 e. The molecular weight excluding hydrogens is 348 g/mol. The maximum absolute atomic E-state index is 6.28. The third kappa shape index (κ3) is 5.48. The topological polar surface area (TPSA) is 55.8 Å². The van der Waals surface area contributed by atoms with Gasteiger partial charge in [-0.15, -0.1) is 0 Å². The third-order valence-electron chi connectivity index (χ3n) is 5.05. The SMILES string of the molecule is CCNC(=NCCN1CCCCC1)NC1CCN(c2ncccc2Cl)C1. The van der Waals surface area contributed by atoms with E-state index in [0.29, 0.717) is 6.04 Å². The van der Waals surface area contributed by atoms with Crippen LogP contribution in [-0.4, -0.2) is 67.7 Å². The van der Waals surface area contributed by atoms with Gasteiger partial charge in [-0.05, 0) is 51.4 Å². The molecule has 0 radical (unpaired) electrons. The number of pyridine rings is 1. The summed E-state index contributed by atoms with van der Waals surface area (Å²) in [6.45, 7) is 9.18. The summed E-state index contributed by atoms with van der Waals surface area (Å²) in [5.74, 6) is 1.80. The first-order valence-electron chi connectivity index (χ1n) is 9.89. The highest BCUT2D eigenvalue weighted by atomic mass is 35.5. The molecule has 2 saturated heterocycles. The average molecular weight is 379 g/mol. The highest BCUT2D eigenvalue weighted by molar-refractivity contribution is 6.32. The van der Waals surface area contributed by atoms with E-state index in [9.17, 15) is 0 Å². The van der Waals surface area contributed by atoms with Gasteiger partial charge < -0.3 is 20.4 Å². The first kappa shape index (κ1) is 19.2. The molecule has 3 heterocycles. The summed E-state index contributed by atoms with van der Waals surface area (Å²) >= 11 is 6.28. The molecule has 2 N–H and O–H groups in total. The lowest BCUT2D eigenvalue weighted by molar-refractivity contribution is 0.235. The molecule has 3 rings (SSSR count). The molecule has 2 aliphatic rings. The van der Waals surface area contributed by atoms with Crippen LogP contribution in [0.15, 0.2) is 23.3 Å². The Balaban J connectivity index is 1.50. The summed E-state index contributed by atoms with van der Waals surface area (Å²) in [6, 6.07) is 4.13. The van der Waals surface area contributed by atoms with Gasteiger partial charge in [0.25, 0.3) is 0 Å². The average Bonchev–Trinajstić information content (AvgIpc) is 3.11. The molecule has 1 atom stereocenters. The molecule has 144 valence electrons. The number of rotatable bonds is 6. The predicted octanol–water partition coefficient (Wildman–Crippen LogP) is 2.35. The van der Waals surface area contributed by atoms with Gasteiger partial charge in [-0.2, -0.15) is 0 Å². The van der Waals surface area contributed by atoms with E-state index in [0.717, 1.165) is 55.9 Å². The summed E-state index contributed by atoms with van der Waals surface area (Å²) in [6.07, 6.45) is 6.89. The van der Waals surface area contributed by atoms with Crippen molar-refractivity contribution in [2.45, 2.75) is 38.6 Å². The maximum Gasteiger partial charge on any atom is 0.191 e. The van der Waals surface area contributed by atoms with Crippen LogP contribution in [-0.2, 0) is 0 Å². The van der Waals surface area contributed by atoms with Crippen LogP contribution in [0.25, 0.3) is 0 Å². The number of likely N-dealkylation sites (tertiary alicyclic amines) is 1. The van der Waals surface area contributed by atoms with Crippen LogP contribution in [0.3, 0.4) is 0 Å². The summed E-state index contributed by atoms with van der Waals surface area (Å²) in [5, 5.41) is 7.67. The first-order valence-corrected chi connectivity index (χ1v) is 10.3. The zero-order chi connectivity index (χ0) is 18.2. The van der Waals surface area contributed by atoms with E-state index in [1.807, 2.05) is 12.1 Å². The second kappa shape index (κ2) is 9.97. The maximum atomic E-state index is 6.28. The second-order valence-electron chi connectivity index (χ2n) is 7.05. The largest absolute Gasteiger partial charge is 0.357 e. The Bertz CT molecular complexity index is 587. The van der Waals surface area contributed by atoms with Crippen molar-refractivity contribution < 1.29 is 0 Å². The molecule has 0 amide bonds. The Labute approximate surface area is 162 Å². The number of halogens is 1. The van der Waals surface area contributed by atoms with Crippen molar-refractivity contribution in [1.82, 2.24) is 20.5 Å². The first-order chi connectivity index (χ1) is 12.8. The van der Waals surface area contributed by atoms with Crippen LogP contribution < -0.4 is 15.5 Å². The standard InChI is InChI=1S/C19H31ClN6/c1-2-21-19(23-10-14-25-11-4-3-5-12-25)24-16-8-13-26(15-16)18-17(20)7-6-9-22-18/h6-7,9,16H,2-5,8,10-15H2,1H3,(H2,21,23,24). The van der Waals surface area contributed by atoms with Crippen molar-refractivity contribution >= 4 is 23.4 Å².